The summed E-state index contributed by atoms with van der Waals surface area (Å²) in [6.07, 6.45) is 7.98. The molecule has 4 heterocycles. The molecule has 2 fully saturated rings. The average molecular weight is 559 g/mol. The predicted molar refractivity (Wildman–Crippen MR) is 163 cm³/mol. The number of likely N-dealkylation sites (tertiary alicyclic amines) is 1. The molecule has 8 nitrogen and oxygen atoms in total. The van der Waals surface area contributed by atoms with E-state index >= 15 is 4.39 Å². The Kier molecular flexibility index (Phi) is 8.16. The molecule has 0 spiro atoms. The third-order valence-corrected chi connectivity index (χ3v) is 8.62. The number of benzene rings is 2. The first-order valence-corrected chi connectivity index (χ1v) is 15.0. The van der Waals surface area contributed by atoms with Crippen LogP contribution < -0.4 is 15.8 Å². The van der Waals surface area contributed by atoms with Crippen molar-refractivity contribution in [3.8, 4) is 0 Å². The third-order valence-electron chi connectivity index (χ3n) is 8.62. The van der Waals surface area contributed by atoms with E-state index in [2.05, 4.69) is 22.2 Å². The molecule has 6 rings (SSSR count). The normalized spacial score (nSPS) is 19.2. The number of nitrogens with one attached hydrogen (secondary N) is 1. The summed E-state index contributed by atoms with van der Waals surface area (Å²) >= 11 is 0. The van der Waals surface area contributed by atoms with Crippen LogP contribution in [0.4, 0.5) is 15.8 Å². The van der Waals surface area contributed by atoms with Gasteiger partial charge in [0.1, 0.15) is 11.6 Å². The molecule has 216 valence electrons. The van der Waals surface area contributed by atoms with E-state index in [1.54, 1.807) is 10.6 Å². The van der Waals surface area contributed by atoms with Crippen LogP contribution in [-0.4, -0.2) is 78.1 Å². The van der Waals surface area contributed by atoms with Gasteiger partial charge in [-0.15, -0.1) is 0 Å². The number of nitrogens with zero attached hydrogens (tertiary/aromatic N) is 5. The second kappa shape index (κ2) is 12.1. The molecular weight excluding hydrogens is 519 g/mol. The van der Waals surface area contributed by atoms with Gasteiger partial charge in [0, 0.05) is 44.8 Å². The highest BCUT2D eigenvalue weighted by atomic mass is 19.1. The maximum Gasteiger partial charge on any atom is 0.261 e. The molecule has 1 aromatic heterocycles. The first kappa shape index (κ1) is 27.6. The molecule has 9 heteroatoms. The van der Waals surface area contributed by atoms with Gasteiger partial charge in [-0.05, 0) is 93.8 Å². The molecule has 3 aliphatic rings. The quantitative estimate of drug-likeness (QED) is 0.463. The van der Waals surface area contributed by atoms with Crippen LogP contribution in [0.5, 0.6) is 0 Å². The molecular formula is C32H39FN6O2. The molecule has 0 aliphatic carbocycles. The van der Waals surface area contributed by atoms with Crippen molar-refractivity contribution in [2.24, 2.45) is 0 Å². The van der Waals surface area contributed by atoms with Gasteiger partial charge in [-0.3, -0.25) is 14.2 Å². The molecule has 0 bridgehead atoms. The Morgan fingerprint density at radius 1 is 1.00 bits per heavy atom. The predicted octanol–water partition coefficient (Wildman–Crippen LogP) is 4.44. The zero-order valence-corrected chi connectivity index (χ0v) is 23.9. The number of likely N-dealkylation sites (N-methyl/N-ethyl adjacent to an activating group) is 1. The molecule has 0 saturated carbocycles. The van der Waals surface area contributed by atoms with Gasteiger partial charge in [0.15, 0.2) is 0 Å². The molecule has 3 aromatic rings. The Bertz CT molecular complexity index is 1500. The Morgan fingerprint density at radius 2 is 1.76 bits per heavy atom. The number of halogens is 1. The standard InChI is InChI=1S/C32H39FN6O2/c1-36-16-18-38(19-17-36)29-22-28-26(21-27(29)33)32(41)39-15-11-24(31(39)35-28)20-23-7-9-25(10-8-23)34-30(40)6-5-14-37-12-3-2-4-13-37/h7-10,20-22H,2-6,11-19H2,1H3,(H,34,40)/b24-20+. The number of rotatable bonds is 7. The Labute approximate surface area is 240 Å². The van der Waals surface area contributed by atoms with Gasteiger partial charge in [-0.2, -0.15) is 0 Å². The van der Waals surface area contributed by atoms with Crippen molar-refractivity contribution in [2.75, 3.05) is 63.1 Å². The fourth-order valence-electron chi connectivity index (χ4n) is 6.19. The van der Waals surface area contributed by atoms with Gasteiger partial charge in [0.05, 0.1) is 16.6 Å². The smallest absolute Gasteiger partial charge is 0.261 e. The van der Waals surface area contributed by atoms with E-state index in [1.807, 2.05) is 35.2 Å². The van der Waals surface area contributed by atoms with Crippen molar-refractivity contribution in [3.63, 3.8) is 0 Å². The monoisotopic (exact) mass is 558 g/mol. The van der Waals surface area contributed by atoms with Gasteiger partial charge < -0.3 is 20.0 Å². The largest absolute Gasteiger partial charge is 0.367 e. The van der Waals surface area contributed by atoms with Crippen LogP contribution in [0.15, 0.2) is 41.2 Å². The number of hydrogen-bond acceptors (Lipinski definition) is 6. The second-order valence-corrected chi connectivity index (χ2v) is 11.6. The van der Waals surface area contributed by atoms with Crippen LogP contribution in [0.2, 0.25) is 0 Å². The highest BCUT2D eigenvalue weighted by Gasteiger charge is 2.24. The fraction of sp³-hybridized carbons (Fsp3) is 0.469. The summed E-state index contributed by atoms with van der Waals surface area (Å²) in [6, 6.07) is 10.9. The van der Waals surface area contributed by atoms with E-state index in [1.165, 1.54) is 25.3 Å². The van der Waals surface area contributed by atoms with Crippen LogP contribution in [0.3, 0.4) is 0 Å². The van der Waals surface area contributed by atoms with Crippen LogP contribution >= 0.6 is 0 Å². The van der Waals surface area contributed by atoms with Gasteiger partial charge in [-0.1, -0.05) is 18.6 Å². The Hall–Kier alpha value is -3.56. The summed E-state index contributed by atoms with van der Waals surface area (Å²) in [5.41, 5.74) is 3.57. The lowest BCUT2D eigenvalue weighted by Crippen LogP contribution is -2.44. The Morgan fingerprint density at radius 3 is 2.51 bits per heavy atom. The third kappa shape index (κ3) is 6.21. The number of carbonyl (C=O) groups excluding carboxylic acids is 1. The minimum Gasteiger partial charge on any atom is -0.367 e. The SMILES string of the molecule is CN1CCN(c2cc3nc4n(c(=O)c3cc2F)CC/C4=C\c2ccc(NC(=O)CCCN3CCCCC3)cc2)CC1. The van der Waals surface area contributed by atoms with Crippen molar-refractivity contribution in [1.82, 2.24) is 19.4 Å². The number of piperazine rings is 1. The number of anilines is 2. The first-order valence-electron chi connectivity index (χ1n) is 15.0. The van der Waals surface area contributed by atoms with Crippen molar-refractivity contribution in [2.45, 2.75) is 45.1 Å². The summed E-state index contributed by atoms with van der Waals surface area (Å²) in [7, 11) is 2.06. The zero-order chi connectivity index (χ0) is 28.3. The van der Waals surface area contributed by atoms with E-state index in [0.29, 0.717) is 41.8 Å². The second-order valence-electron chi connectivity index (χ2n) is 11.6. The van der Waals surface area contributed by atoms with Crippen molar-refractivity contribution < 1.29 is 9.18 Å². The highest BCUT2D eigenvalue weighted by Crippen LogP contribution is 2.30. The van der Waals surface area contributed by atoms with E-state index in [-0.39, 0.29) is 17.3 Å². The van der Waals surface area contributed by atoms with Crippen LogP contribution in [0.25, 0.3) is 22.6 Å². The summed E-state index contributed by atoms with van der Waals surface area (Å²) in [5.74, 6) is 0.314. The molecule has 3 aliphatic heterocycles. The summed E-state index contributed by atoms with van der Waals surface area (Å²) < 4.78 is 16.7. The first-order chi connectivity index (χ1) is 19.9. The van der Waals surface area contributed by atoms with Gasteiger partial charge >= 0.3 is 0 Å². The topological polar surface area (TPSA) is 73.7 Å². The minimum absolute atomic E-state index is 0.0423. The van der Waals surface area contributed by atoms with Crippen LogP contribution in [0.1, 0.15) is 49.9 Å². The summed E-state index contributed by atoms with van der Waals surface area (Å²) in [4.78, 5) is 37.3. The van der Waals surface area contributed by atoms with Gasteiger partial charge in [0.2, 0.25) is 5.91 Å². The van der Waals surface area contributed by atoms with Crippen LogP contribution in [0, 0.1) is 5.82 Å². The number of hydrogen-bond donors (Lipinski definition) is 1. The maximum absolute atomic E-state index is 15.1. The number of fused-ring (bicyclic) bond motifs is 2. The average Bonchev–Trinajstić information content (AvgIpc) is 3.38. The van der Waals surface area contributed by atoms with Gasteiger partial charge in [0.25, 0.3) is 5.56 Å². The fourth-order valence-corrected chi connectivity index (χ4v) is 6.19. The lowest BCUT2D eigenvalue weighted by Gasteiger charge is -2.34. The molecule has 2 saturated heterocycles. The molecule has 0 atom stereocenters. The van der Waals surface area contributed by atoms with E-state index in [9.17, 15) is 9.59 Å². The lowest BCUT2D eigenvalue weighted by atomic mass is 10.1. The Balaban J connectivity index is 1.15. The molecule has 1 amide bonds. The number of carbonyl (C=O) groups is 1. The number of amides is 1. The molecule has 2 aromatic carbocycles. The van der Waals surface area contributed by atoms with Gasteiger partial charge in [-0.25, -0.2) is 9.37 Å². The van der Waals surface area contributed by atoms with Crippen LogP contribution in [-0.2, 0) is 11.3 Å². The van der Waals surface area contributed by atoms with E-state index in [0.717, 1.165) is 69.1 Å². The van der Waals surface area contributed by atoms with Crippen molar-refractivity contribution in [1.29, 1.82) is 0 Å². The molecule has 0 unspecified atom stereocenters. The molecule has 0 radical (unpaired) electrons. The number of aromatic nitrogens is 2. The van der Waals surface area contributed by atoms with E-state index < -0.39 is 0 Å². The molecule has 41 heavy (non-hydrogen) atoms. The zero-order valence-electron chi connectivity index (χ0n) is 23.9. The van der Waals surface area contributed by atoms with Crippen molar-refractivity contribution >= 4 is 39.8 Å². The molecule has 1 N–H and O–H groups in total. The highest BCUT2D eigenvalue weighted by molar-refractivity contribution is 5.91. The lowest BCUT2D eigenvalue weighted by molar-refractivity contribution is -0.116. The number of piperidine rings is 1. The van der Waals surface area contributed by atoms with E-state index in [4.69, 9.17) is 4.98 Å². The summed E-state index contributed by atoms with van der Waals surface area (Å²) in [6.45, 7) is 7.03. The maximum atomic E-state index is 15.1. The van der Waals surface area contributed by atoms with Crippen molar-refractivity contribution in [3.05, 3.63) is 64.0 Å². The number of allylic oxidation sites excluding steroid dienone is 1. The summed E-state index contributed by atoms with van der Waals surface area (Å²) in [5, 5.41) is 3.33. The minimum atomic E-state index is -0.371.